The summed E-state index contributed by atoms with van der Waals surface area (Å²) in [6, 6.07) is 8.08. The quantitative estimate of drug-likeness (QED) is 0.779. The first-order chi connectivity index (χ1) is 11.6. The Hall–Kier alpha value is -1.92. The fraction of sp³-hybridized carbons (Fsp3) is 0.500. The Morgan fingerprint density at radius 3 is 2.75 bits per heavy atom. The van der Waals surface area contributed by atoms with Gasteiger partial charge in [-0.25, -0.2) is 4.39 Å². The number of aryl methyl sites for hydroxylation is 1. The maximum absolute atomic E-state index is 12.9. The van der Waals surface area contributed by atoms with Crippen LogP contribution < -0.4 is 4.74 Å². The number of nitrogens with zero attached hydrogens (tertiary/aromatic N) is 2. The van der Waals surface area contributed by atoms with Gasteiger partial charge < -0.3 is 14.0 Å². The standard InChI is InChI=1S/C18H23FN2O3/c1-13-9-17(24-20-13)10-14-11-21(12-18(14)22-2)7-8-23-16-5-3-15(19)4-6-16/h3-6,9,14,18H,7-8,10-12H2,1-2H3/t14-,18+/m1/s1. The van der Waals surface area contributed by atoms with Crippen molar-refractivity contribution in [3.63, 3.8) is 0 Å². The third-order valence-electron chi connectivity index (χ3n) is 4.39. The maximum atomic E-state index is 12.9. The SMILES string of the molecule is CO[C@H]1CN(CCOc2ccc(F)cc2)C[C@H]1Cc1cc(C)no1. The minimum Gasteiger partial charge on any atom is -0.492 e. The zero-order valence-electron chi connectivity index (χ0n) is 14.1. The molecule has 1 aromatic heterocycles. The highest BCUT2D eigenvalue weighted by atomic mass is 19.1. The average molecular weight is 334 g/mol. The van der Waals surface area contributed by atoms with Gasteiger partial charge in [0.25, 0.3) is 0 Å². The van der Waals surface area contributed by atoms with E-state index in [1.54, 1.807) is 19.2 Å². The lowest BCUT2D eigenvalue weighted by Gasteiger charge is -2.15. The molecule has 0 spiro atoms. The Morgan fingerprint density at radius 2 is 2.08 bits per heavy atom. The van der Waals surface area contributed by atoms with Crippen LogP contribution in [0.5, 0.6) is 5.75 Å². The Kier molecular flexibility index (Phi) is 5.48. The van der Waals surface area contributed by atoms with Crippen molar-refractivity contribution in [1.29, 1.82) is 0 Å². The topological polar surface area (TPSA) is 47.7 Å². The normalized spacial score (nSPS) is 21.3. The molecule has 1 aliphatic rings. The zero-order chi connectivity index (χ0) is 16.9. The smallest absolute Gasteiger partial charge is 0.137 e. The minimum absolute atomic E-state index is 0.182. The molecule has 0 unspecified atom stereocenters. The van der Waals surface area contributed by atoms with Gasteiger partial charge in [-0.3, -0.25) is 4.90 Å². The summed E-state index contributed by atoms with van der Waals surface area (Å²) in [7, 11) is 1.75. The van der Waals surface area contributed by atoms with Crippen LogP contribution in [0.4, 0.5) is 4.39 Å². The highest BCUT2D eigenvalue weighted by Crippen LogP contribution is 2.24. The van der Waals surface area contributed by atoms with Gasteiger partial charge in [-0.15, -0.1) is 0 Å². The predicted molar refractivity (Wildman–Crippen MR) is 87.6 cm³/mol. The van der Waals surface area contributed by atoms with Crippen molar-refractivity contribution >= 4 is 0 Å². The number of rotatable bonds is 7. The van der Waals surface area contributed by atoms with Gasteiger partial charge in [0.15, 0.2) is 0 Å². The van der Waals surface area contributed by atoms with E-state index in [9.17, 15) is 4.39 Å². The van der Waals surface area contributed by atoms with Crippen molar-refractivity contribution in [2.45, 2.75) is 19.4 Å². The van der Waals surface area contributed by atoms with E-state index in [2.05, 4.69) is 10.1 Å². The molecule has 1 saturated heterocycles. The zero-order valence-corrected chi connectivity index (χ0v) is 14.1. The molecular formula is C18H23FN2O3. The van der Waals surface area contributed by atoms with E-state index in [1.165, 1.54) is 12.1 Å². The molecule has 3 rings (SSSR count). The van der Waals surface area contributed by atoms with Gasteiger partial charge in [-0.05, 0) is 31.2 Å². The van der Waals surface area contributed by atoms with Crippen LogP contribution >= 0.6 is 0 Å². The average Bonchev–Trinajstić information content (AvgIpc) is 3.15. The van der Waals surface area contributed by atoms with Crippen molar-refractivity contribution in [2.75, 3.05) is 33.4 Å². The third kappa shape index (κ3) is 4.33. The van der Waals surface area contributed by atoms with E-state index in [-0.39, 0.29) is 11.9 Å². The fourth-order valence-electron chi connectivity index (χ4n) is 3.17. The van der Waals surface area contributed by atoms with Crippen molar-refractivity contribution in [1.82, 2.24) is 10.1 Å². The second-order valence-electron chi connectivity index (χ2n) is 6.23. The highest BCUT2D eigenvalue weighted by molar-refractivity contribution is 5.22. The number of ether oxygens (including phenoxy) is 2. The third-order valence-corrected chi connectivity index (χ3v) is 4.39. The summed E-state index contributed by atoms with van der Waals surface area (Å²) in [6.07, 6.45) is 1.01. The molecule has 2 heterocycles. The van der Waals surface area contributed by atoms with Gasteiger partial charge in [-0.1, -0.05) is 5.16 Å². The Morgan fingerprint density at radius 1 is 1.29 bits per heavy atom. The van der Waals surface area contributed by atoms with E-state index in [0.29, 0.717) is 18.3 Å². The molecule has 6 heteroatoms. The summed E-state index contributed by atoms with van der Waals surface area (Å²) in [6.45, 7) is 5.11. The van der Waals surface area contributed by atoms with Crippen LogP contribution in [-0.4, -0.2) is 49.5 Å². The first-order valence-electron chi connectivity index (χ1n) is 8.20. The van der Waals surface area contributed by atoms with Crippen LogP contribution in [0.25, 0.3) is 0 Å². The summed E-state index contributed by atoms with van der Waals surface area (Å²) >= 11 is 0. The van der Waals surface area contributed by atoms with E-state index in [4.69, 9.17) is 14.0 Å². The van der Waals surface area contributed by atoms with Crippen LogP contribution in [0.1, 0.15) is 11.5 Å². The summed E-state index contributed by atoms with van der Waals surface area (Å²) in [5.41, 5.74) is 0.904. The van der Waals surface area contributed by atoms with Gasteiger partial charge in [0.05, 0.1) is 11.8 Å². The number of benzene rings is 1. The molecule has 0 N–H and O–H groups in total. The molecule has 1 fully saturated rings. The van der Waals surface area contributed by atoms with E-state index in [1.807, 2.05) is 13.0 Å². The Bertz CT molecular complexity index is 644. The van der Waals surface area contributed by atoms with Crippen molar-refractivity contribution in [3.8, 4) is 5.75 Å². The molecule has 1 aliphatic heterocycles. The molecule has 2 atom stereocenters. The summed E-state index contributed by atoms with van der Waals surface area (Å²) in [5, 5.41) is 3.94. The molecule has 2 aromatic rings. The lowest BCUT2D eigenvalue weighted by atomic mass is 10.0. The second kappa shape index (κ2) is 7.77. The number of aromatic nitrogens is 1. The van der Waals surface area contributed by atoms with E-state index in [0.717, 1.165) is 37.5 Å². The summed E-state index contributed by atoms with van der Waals surface area (Å²) in [4.78, 5) is 2.32. The van der Waals surface area contributed by atoms with Crippen LogP contribution in [0.3, 0.4) is 0 Å². The molecule has 0 bridgehead atoms. The second-order valence-corrected chi connectivity index (χ2v) is 6.23. The lowest BCUT2D eigenvalue weighted by Crippen LogP contribution is -2.27. The summed E-state index contributed by atoms with van der Waals surface area (Å²) in [5.74, 6) is 1.72. The van der Waals surface area contributed by atoms with Crippen LogP contribution in [-0.2, 0) is 11.2 Å². The molecule has 0 amide bonds. The monoisotopic (exact) mass is 334 g/mol. The number of hydrogen-bond donors (Lipinski definition) is 0. The lowest BCUT2D eigenvalue weighted by molar-refractivity contribution is 0.0758. The molecule has 0 saturated carbocycles. The maximum Gasteiger partial charge on any atom is 0.137 e. The molecule has 0 radical (unpaired) electrons. The predicted octanol–water partition coefficient (Wildman–Crippen LogP) is 2.69. The number of likely N-dealkylation sites (tertiary alicyclic amines) is 1. The summed E-state index contributed by atoms with van der Waals surface area (Å²) < 4.78 is 29.5. The molecule has 1 aromatic carbocycles. The molecule has 24 heavy (non-hydrogen) atoms. The highest BCUT2D eigenvalue weighted by Gasteiger charge is 2.33. The van der Waals surface area contributed by atoms with Crippen molar-refractivity contribution in [2.24, 2.45) is 5.92 Å². The van der Waals surface area contributed by atoms with Gasteiger partial charge in [0.2, 0.25) is 0 Å². The molecule has 130 valence electrons. The first-order valence-corrected chi connectivity index (χ1v) is 8.20. The fourth-order valence-corrected chi connectivity index (χ4v) is 3.17. The molecular weight excluding hydrogens is 311 g/mol. The number of methoxy groups -OCH3 is 1. The minimum atomic E-state index is -0.254. The number of hydrogen-bond acceptors (Lipinski definition) is 5. The van der Waals surface area contributed by atoms with Crippen molar-refractivity contribution < 1.29 is 18.4 Å². The van der Waals surface area contributed by atoms with Crippen molar-refractivity contribution in [3.05, 3.63) is 47.6 Å². The van der Waals surface area contributed by atoms with Gasteiger partial charge in [0.1, 0.15) is 23.9 Å². The molecule has 5 nitrogen and oxygen atoms in total. The van der Waals surface area contributed by atoms with Crippen LogP contribution in [0.2, 0.25) is 0 Å². The molecule has 0 aliphatic carbocycles. The Balaban J connectivity index is 1.47. The first kappa shape index (κ1) is 16.9. The largest absolute Gasteiger partial charge is 0.492 e. The number of halogens is 1. The Labute approximate surface area is 141 Å². The van der Waals surface area contributed by atoms with Gasteiger partial charge >= 0.3 is 0 Å². The van der Waals surface area contributed by atoms with Crippen LogP contribution in [0.15, 0.2) is 34.9 Å². The van der Waals surface area contributed by atoms with E-state index >= 15 is 0 Å². The van der Waals surface area contributed by atoms with Gasteiger partial charge in [-0.2, -0.15) is 0 Å². The van der Waals surface area contributed by atoms with Gasteiger partial charge in [0, 0.05) is 45.1 Å². The van der Waals surface area contributed by atoms with E-state index < -0.39 is 0 Å². The van der Waals surface area contributed by atoms with Crippen LogP contribution in [0, 0.1) is 18.7 Å².